The van der Waals surface area contributed by atoms with Gasteiger partial charge in [-0.05, 0) is 44.2 Å². The van der Waals surface area contributed by atoms with Gasteiger partial charge in [0.05, 0.1) is 25.0 Å². The molecule has 0 bridgehead atoms. The topological polar surface area (TPSA) is 130 Å². The molecule has 1 amide bonds. The molecule has 1 saturated heterocycles. The normalized spacial score (nSPS) is 27.7. The van der Waals surface area contributed by atoms with Crippen LogP contribution in [0.25, 0.3) is 0 Å². The number of esters is 1. The van der Waals surface area contributed by atoms with E-state index in [9.17, 15) is 19.8 Å². The molecule has 3 aliphatic rings. The van der Waals surface area contributed by atoms with Gasteiger partial charge in [-0.2, -0.15) is 0 Å². The zero-order valence-electron chi connectivity index (χ0n) is 21.5. The highest BCUT2D eigenvalue weighted by atomic mass is 16.6. The number of allylic oxidation sites excluding steroid dienone is 4. The second-order valence-corrected chi connectivity index (χ2v) is 9.03. The van der Waals surface area contributed by atoms with Crippen LogP contribution in [0.2, 0.25) is 0 Å². The monoisotopic (exact) mass is 523 g/mol. The molecule has 3 aliphatic heterocycles. The molecule has 1 aromatic carbocycles. The van der Waals surface area contributed by atoms with Crippen LogP contribution in [-0.2, 0) is 24.6 Å². The molecule has 1 spiro atoms. The molecule has 0 aliphatic carbocycles. The van der Waals surface area contributed by atoms with E-state index in [4.69, 9.17) is 14.2 Å². The van der Waals surface area contributed by atoms with Gasteiger partial charge in [0, 0.05) is 49.1 Å². The predicted molar refractivity (Wildman–Crippen MR) is 141 cm³/mol. The molecule has 1 aromatic rings. The lowest BCUT2D eigenvalue weighted by molar-refractivity contribution is -0.117. The first-order valence-electron chi connectivity index (χ1n) is 12.5. The number of fused-ring (bicyclic) bond motifs is 2. The Kier molecular flexibility index (Phi) is 8.80. The number of anilines is 1. The van der Waals surface area contributed by atoms with Crippen LogP contribution in [0.4, 0.5) is 5.69 Å². The molecule has 1 fully saturated rings. The third-order valence-electron chi connectivity index (χ3n) is 6.35. The van der Waals surface area contributed by atoms with Gasteiger partial charge in [0.2, 0.25) is 5.91 Å². The van der Waals surface area contributed by atoms with E-state index in [2.05, 4.69) is 15.5 Å². The number of amides is 1. The van der Waals surface area contributed by atoms with E-state index in [1.165, 1.54) is 25.3 Å². The quantitative estimate of drug-likeness (QED) is 0.328. The molecule has 10 heteroatoms. The van der Waals surface area contributed by atoms with Gasteiger partial charge in [-0.25, -0.2) is 4.79 Å². The predicted octanol–water partition coefficient (Wildman–Crippen LogP) is 2.62. The first-order valence-corrected chi connectivity index (χ1v) is 12.5. The summed E-state index contributed by atoms with van der Waals surface area (Å²) in [5.41, 5.74) is 0.486. The lowest BCUT2D eigenvalue weighted by atomic mass is 9.83. The fourth-order valence-corrected chi connectivity index (χ4v) is 4.60. The number of hydrogen-bond donors (Lipinski definition) is 4. The number of benzene rings is 1. The van der Waals surface area contributed by atoms with E-state index in [0.717, 1.165) is 26.2 Å². The van der Waals surface area contributed by atoms with Crippen molar-refractivity contribution in [3.63, 3.8) is 0 Å². The maximum absolute atomic E-state index is 13.2. The lowest BCUT2D eigenvalue weighted by Crippen LogP contribution is -2.46. The van der Waals surface area contributed by atoms with E-state index >= 15 is 0 Å². The number of nitrogens with one attached hydrogen (secondary N) is 2. The Morgan fingerprint density at radius 2 is 2.13 bits per heavy atom. The molecule has 2 unspecified atom stereocenters. The molecule has 0 aromatic heterocycles. The highest BCUT2D eigenvalue weighted by Crippen LogP contribution is 2.47. The zero-order valence-corrected chi connectivity index (χ0v) is 21.5. The smallest absolute Gasteiger partial charge is 0.340 e. The minimum absolute atomic E-state index is 0.0264. The highest BCUT2D eigenvalue weighted by Gasteiger charge is 2.48. The number of nitrogens with zero attached hydrogens (tertiary/aromatic N) is 1. The Hall–Kier alpha value is -3.70. The Morgan fingerprint density at radius 1 is 1.34 bits per heavy atom. The number of carbonyl (C=O) groups is 2. The number of ether oxygens (including phenoxy) is 3. The SMILES string of the molecule is C/C=C1\C(=C/COC(C)O)O/C=C/C(O)=C\C=C\C12OC(=O)c1cc(NC(=O)CN3CCNCC3)ccc12. The average Bonchev–Trinajstić information content (AvgIpc) is 3.15. The van der Waals surface area contributed by atoms with E-state index in [1.54, 1.807) is 49.4 Å². The van der Waals surface area contributed by atoms with Crippen molar-refractivity contribution in [3.8, 4) is 0 Å². The summed E-state index contributed by atoms with van der Waals surface area (Å²) in [4.78, 5) is 27.9. The van der Waals surface area contributed by atoms with Crippen molar-refractivity contribution in [3.05, 3.63) is 89.1 Å². The molecule has 3 heterocycles. The molecule has 4 N–H and O–H groups in total. The van der Waals surface area contributed by atoms with Gasteiger partial charge >= 0.3 is 5.97 Å². The van der Waals surface area contributed by atoms with E-state index in [1.807, 2.05) is 0 Å². The van der Waals surface area contributed by atoms with Crippen LogP contribution in [0.3, 0.4) is 0 Å². The average molecular weight is 524 g/mol. The van der Waals surface area contributed by atoms with Gasteiger partial charge < -0.3 is 35.1 Å². The molecule has 4 rings (SSSR count). The Labute approximate surface area is 221 Å². The third-order valence-corrected chi connectivity index (χ3v) is 6.35. The first kappa shape index (κ1) is 27.3. The fourth-order valence-electron chi connectivity index (χ4n) is 4.60. The van der Waals surface area contributed by atoms with Gasteiger partial charge in [-0.15, -0.1) is 0 Å². The van der Waals surface area contributed by atoms with Gasteiger partial charge in [0.25, 0.3) is 0 Å². The summed E-state index contributed by atoms with van der Waals surface area (Å²) in [6.07, 6.45) is 9.80. The molecule has 2 atom stereocenters. The van der Waals surface area contributed by atoms with Crippen LogP contribution in [0.1, 0.15) is 29.8 Å². The van der Waals surface area contributed by atoms with Crippen molar-refractivity contribution in [1.29, 1.82) is 0 Å². The first-order chi connectivity index (χ1) is 18.3. The maximum atomic E-state index is 13.2. The largest absolute Gasteiger partial charge is 0.508 e. The summed E-state index contributed by atoms with van der Waals surface area (Å²) in [6.45, 7) is 6.85. The van der Waals surface area contributed by atoms with E-state index in [-0.39, 0.29) is 24.8 Å². The summed E-state index contributed by atoms with van der Waals surface area (Å²) in [5, 5.41) is 25.7. The highest BCUT2D eigenvalue weighted by molar-refractivity contribution is 5.99. The number of carbonyl (C=O) groups excluding carboxylic acids is 2. The van der Waals surface area contributed by atoms with Crippen molar-refractivity contribution in [2.45, 2.75) is 25.7 Å². The standard InChI is InChI=1S/C28H33N3O7/c1-3-23-25(9-16-36-19(2)32)37-15-8-21(33)5-4-10-28(23)24-7-6-20(17-22(24)27(35)38-28)30-26(34)18-31-13-11-29-12-14-31/h3-10,15,17,19,29,32-33H,11-14,16,18H2,1-2H3,(H,30,34)/b10-4+,15-8+,21-5+,23-3+,25-9+. The van der Waals surface area contributed by atoms with Gasteiger partial charge in [0.15, 0.2) is 11.9 Å². The van der Waals surface area contributed by atoms with Crippen LogP contribution in [0, 0.1) is 0 Å². The number of hydrogen-bond acceptors (Lipinski definition) is 9. The Morgan fingerprint density at radius 3 is 2.87 bits per heavy atom. The number of aliphatic hydroxyl groups is 2. The van der Waals surface area contributed by atoms with Gasteiger partial charge in [0.1, 0.15) is 11.5 Å². The minimum atomic E-state index is -1.37. The summed E-state index contributed by atoms with van der Waals surface area (Å²) in [5.74, 6) is -0.475. The summed E-state index contributed by atoms with van der Waals surface area (Å²) < 4.78 is 17.1. The molecular weight excluding hydrogens is 490 g/mol. The van der Waals surface area contributed by atoms with Crippen LogP contribution in [0.15, 0.2) is 78.0 Å². The maximum Gasteiger partial charge on any atom is 0.340 e. The molecule has 10 nitrogen and oxygen atoms in total. The molecule has 202 valence electrons. The van der Waals surface area contributed by atoms with Crippen molar-refractivity contribution in [2.75, 3.05) is 44.6 Å². The van der Waals surface area contributed by atoms with Crippen molar-refractivity contribution < 1.29 is 34.0 Å². The molecule has 0 saturated carbocycles. The third kappa shape index (κ3) is 6.22. The Bertz CT molecular complexity index is 1210. The number of aliphatic hydroxyl groups excluding tert-OH is 2. The van der Waals surface area contributed by atoms with E-state index in [0.29, 0.717) is 28.1 Å². The van der Waals surface area contributed by atoms with Crippen LogP contribution in [-0.4, -0.2) is 72.6 Å². The summed E-state index contributed by atoms with van der Waals surface area (Å²) in [7, 11) is 0. The zero-order chi connectivity index (χ0) is 27.1. The van der Waals surface area contributed by atoms with Crippen LogP contribution < -0.4 is 10.6 Å². The van der Waals surface area contributed by atoms with Crippen LogP contribution >= 0.6 is 0 Å². The lowest BCUT2D eigenvalue weighted by Gasteiger charge is -2.30. The number of rotatable bonds is 6. The second-order valence-electron chi connectivity index (χ2n) is 9.03. The van der Waals surface area contributed by atoms with Gasteiger partial charge in [-0.3, -0.25) is 9.69 Å². The van der Waals surface area contributed by atoms with E-state index < -0.39 is 17.9 Å². The molecule has 38 heavy (non-hydrogen) atoms. The molecule has 0 radical (unpaired) electrons. The molecular formula is C28H33N3O7. The Balaban J connectivity index is 1.68. The number of piperazine rings is 1. The van der Waals surface area contributed by atoms with Crippen LogP contribution in [0.5, 0.6) is 0 Å². The van der Waals surface area contributed by atoms with Crippen molar-refractivity contribution in [2.24, 2.45) is 0 Å². The fraction of sp³-hybridized carbons (Fsp3) is 0.357. The van der Waals surface area contributed by atoms with Crippen molar-refractivity contribution >= 4 is 17.6 Å². The van der Waals surface area contributed by atoms with Crippen molar-refractivity contribution in [1.82, 2.24) is 10.2 Å². The minimum Gasteiger partial charge on any atom is -0.508 e. The van der Waals surface area contributed by atoms with Gasteiger partial charge in [-0.1, -0.05) is 18.2 Å². The summed E-state index contributed by atoms with van der Waals surface area (Å²) in [6, 6.07) is 5.08. The second kappa shape index (κ2) is 12.2. The summed E-state index contributed by atoms with van der Waals surface area (Å²) >= 11 is 0.